The predicted octanol–water partition coefficient (Wildman–Crippen LogP) is 0.627. The maximum atomic E-state index is 10.2. The number of para-hydroxylation sites is 2. The van der Waals surface area contributed by atoms with Crippen molar-refractivity contribution in [1.82, 2.24) is 0 Å². The lowest BCUT2D eigenvalue weighted by Gasteiger charge is -2.21. The van der Waals surface area contributed by atoms with E-state index in [-0.39, 0.29) is 5.71 Å². The van der Waals surface area contributed by atoms with Gasteiger partial charge < -0.3 is 20.4 Å². The first kappa shape index (κ1) is 19.5. The first-order valence-electron chi connectivity index (χ1n) is 7.99. The molecule has 2 aromatic rings. The van der Waals surface area contributed by atoms with Crippen molar-refractivity contribution in [2.75, 3.05) is 17.5 Å². The molecule has 6 N–H and O–H groups in total. The number of hydrogen-bond acceptors (Lipinski definition) is 8. The number of nitrogens with one attached hydrogen (secondary N) is 2. The minimum atomic E-state index is -1.63. The first-order valence-corrected chi connectivity index (χ1v) is 7.99. The summed E-state index contributed by atoms with van der Waals surface area (Å²) in [5.41, 5.74) is 6.87. The summed E-state index contributed by atoms with van der Waals surface area (Å²) in [4.78, 5) is 0. The van der Waals surface area contributed by atoms with Crippen LogP contribution in [0.25, 0.3) is 0 Å². The molecule has 0 aliphatic rings. The molecule has 0 saturated carbocycles. The summed E-state index contributed by atoms with van der Waals surface area (Å²) < 4.78 is 0. The van der Waals surface area contributed by atoms with Gasteiger partial charge in [-0.3, -0.25) is 10.9 Å². The van der Waals surface area contributed by atoms with E-state index in [2.05, 4.69) is 21.1 Å². The molecule has 0 radical (unpaired) electrons. The molecule has 2 rings (SSSR count). The lowest BCUT2D eigenvalue weighted by atomic mass is 10.0. The Morgan fingerprint density at radius 1 is 0.885 bits per heavy atom. The third-order valence-electron chi connectivity index (χ3n) is 3.46. The third kappa shape index (κ3) is 5.94. The van der Waals surface area contributed by atoms with Gasteiger partial charge in [-0.15, -0.1) is 0 Å². The fourth-order valence-corrected chi connectivity index (χ4v) is 1.99. The van der Waals surface area contributed by atoms with Crippen LogP contribution in [0.4, 0.5) is 11.4 Å². The van der Waals surface area contributed by atoms with Crippen molar-refractivity contribution in [1.29, 1.82) is 0 Å². The van der Waals surface area contributed by atoms with Gasteiger partial charge in [0.15, 0.2) is 0 Å². The lowest BCUT2D eigenvalue weighted by molar-refractivity contribution is -0.0548. The largest absolute Gasteiger partial charge is 0.394 e. The van der Waals surface area contributed by atoms with E-state index >= 15 is 0 Å². The first-order chi connectivity index (χ1) is 12.6. The van der Waals surface area contributed by atoms with E-state index in [4.69, 9.17) is 5.11 Å². The van der Waals surface area contributed by atoms with Gasteiger partial charge in [0, 0.05) is 0 Å². The van der Waals surface area contributed by atoms with Crippen LogP contribution in [0.1, 0.15) is 0 Å². The highest BCUT2D eigenvalue weighted by Crippen LogP contribution is 2.08. The summed E-state index contributed by atoms with van der Waals surface area (Å²) in [5.74, 6) is 0. The van der Waals surface area contributed by atoms with Gasteiger partial charge in [-0.2, -0.15) is 10.2 Å². The van der Waals surface area contributed by atoms with Crippen LogP contribution in [0.15, 0.2) is 70.9 Å². The Balaban J connectivity index is 2.14. The molecule has 0 aromatic heterocycles. The molecule has 0 fully saturated rings. The minimum absolute atomic E-state index is 0.0303. The minimum Gasteiger partial charge on any atom is -0.394 e. The predicted molar refractivity (Wildman–Crippen MR) is 101 cm³/mol. The van der Waals surface area contributed by atoms with Crippen molar-refractivity contribution in [3.8, 4) is 0 Å². The number of anilines is 2. The number of hydrazone groups is 2. The fraction of sp³-hybridized carbons (Fsp3) is 0.222. The average molecular weight is 358 g/mol. The highest BCUT2D eigenvalue weighted by molar-refractivity contribution is 6.33. The van der Waals surface area contributed by atoms with Crippen LogP contribution in [0.5, 0.6) is 0 Å². The molecule has 0 spiro atoms. The Hall–Kier alpha value is -2.78. The number of aliphatic hydroxyl groups is 4. The van der Waals surface area contributed by atoms with Crippen molar-refractivity contribution in [2.24, 2.45) is 10.2 Å². The quantitative estimate of drug-likeness (QED) is 0.288. The number of hydrogen-bond donors (Lipinski definition) is 6. The van der Waals surface area contributed by atoms with E-state index in [0.29, 0.717) is 5.69 Å². The molecule has 26 heavy (non-hydrogen) atoms. The van der Waals surface area contributed by atoms with E-state index in [1.54, 1.807) is 24.3 Å². The monoisotopic (exact) mass is 358 g/mol. The van der Waals surface area contributed by atoms with E-state index in [0.717, 1.165) is 5.69 Å². The van der Waals surface area contributed by atoms with Crippen LogP contribution in [0.2, 0.25) is 0 Å². The van der Waals surface area contributed by atoms with Gasteiger partial charge in [-0.25, -0.2) is 0 Å². The summed E-state index contributed by atoms with van der Waals surface area (Å²) >= 11 is 0. The van der Waals surface area contributed by atoms with E-state index < -0.39 is 24.9 Å². The van der Waals surface area contributed by atoms with Crippen molar-refractivity contribution < 1.29 is 20.4 Å². The summed E-state index contributed by atoms with van der Waals surface area (Å²) in [6.07, 6.45) is -3.47. The average Bonchev–Trinajstić information content (AvgIpc) is 2.70. The molecule has 0 heterocycles. The van der Waals surface area contributed by atoms with Crippen LogP contribution >= 0.6 is 0 Å². The summed E-state index contributed by atoms with van der Waals surface area (Å²) in [6.45, 7) is -0.697. The van der Waals surface area contributed by atoms with E-state index in [9.17, 15) is 15.3 Å². The van der Waals surface area contributed by atoms with Gasteiger partial charge in [0.2, 0.25) is 0 Å². The standard InChI is InChI=1S/C18H22N4O4/c23-12-16(24)18(26)17(25)15(22-21-14-9-5-2-6-10-14)11-19-20-13-7-3-1-4-8-13/h1-11,16-18,20-21,23-26H,12H2/b19-11-,22-15+/t16-,17+,18+/m0/s1. The van der Waals surface area contributed by atoms with Crippen LogP contribution < -0.4 is 10.9 Å². The van der Waals surface area contributed by atoms with Crippen LogP contribution in [0, 0.1) is 0 Å². The van der Waals surface area contributed by atoms with Gasteiger partial charge in [0.1, 0.15) is 24.0 Å². The van der Waals surface area contributed by atoms with Crippen molar-refractivity contribution in [3.05, 3.63) is 60.7 Å². The Kier molecular flexibility index (Phi) is 7.72. The Labute approximate surface area is 151 Å². The van der Waals surface area contributed by atoms with Gasteiger partial charge in [0.25, 0.3) is 0 Å². The van der Waals surface area contributed by atoms with Gasteiger partial charge >= 0.3 is 0 Å². The molecule has 8 heteroatoms. The molecular weight excluding hydrogens is 336 g/mol. The molecule has 3 atom stereocenters. The zero-order chi connectivity index (χ0) is 18.8. The zero-order valence-corrected chi connectivity index (χ0v) is 14.0. The SMILES string of the molecule is OC[C@H](O)[C@@H](O)[C@H](O)C(/C=N\Nc1ccccc1)=N/Nc1ccccc1. The molecular formula is C18H22N4O4. The third-order valence-corrected chi connectivity index (χ3v) is 3.46. The van der Waals surface area contributed by atoms with Crippen LogP contribution in [-0.4, -0.2) is 57.3 Å². The van der Waals surface area contributed by atoms with E-state index in [1.165, 1.54) is 6.21 Å². The molecule has 0 aliphatic heterocycles. The normalized spacial score (nSPS) is 15.5. The smallest absolute Gasteiger partial charge is 0.128 e. The summed E-state index contributed by atoms with van der Waals surface area (Å²) in [5, 5.41) is 46.7. The van der Waals surface area contributed by atoms with Crippen molar-refractivity contribution >= 4 is 23.3 Å². The van der Waals surface area contributed by atoms with Crippen LogP contribution in [0.3, 0.4) is 0 Å². The number of aliphatic hydroxyl groups excluding tert-OH is 4. The highest BCUT2D eigenvalue weighted by Gasteiger charge is 2.27. The molecule has 0 amide bonds. The number of benzene rings is 2. The van der Waals surface area contributed by atoms with Gasteiger partial charge in [-0.1, -0.05) is 36.4 Å². The Morgan fingerprint density at radius 3 is 1.96 bits per heavy atom. The van der Waals surface area contributed by atoms with Crippen molar-refractivity contribution in [3.63, 3.8) is 0 Å². The summed E-state index contributed by atoms with van der Waals surface area (Å²) in [7, 11) is 0. The highest BCUT2D eigenvalue weighted by atomic mass is 16.4. The van der Waals surface area contributed by atoms with Gasteiger partial charge in [-0.05, 0) is 24.3 Å². The molecule has 138 valence electrons. The Bertz CT molecular complexity index is 710. The second kappa shape index (κ2) is 10.3. The molecule has 0 saturated heterocycles. The second-order valence-electron chi connectivity index (χ2n) is 5.44. The molecule has 0 bridgehead atoms. The topological polar surface area (TPSA) is 130 Å². The lowest BCUT2D eigenvalue weighted by Crippen LogP contribution is -2.44. The molecule has 2 aromatic carbocycles. The number of rotatable bonds is 9. The van der Waals surface area contributed by atoms with Crippen molar-refractivity contribution in [2.45, 2.75) is 18.3 Å². The molecule has 0 aliphatic carbocycles. The fourth-order valence-electron chi connectivity index (χ4n) is 1.99. The molecule has 8 nitrogen and oxygen atoms in total. The van der Waals surface area contributed by atoms with E-state index in [1.807, 2.05) is 36.4 Å². The second-order valence-corrected chi connectivity index (χ2v) is 5.44. The zero-order valence-electron chi connectivity index (χ0n) is 14.0. The maximum Gasteiger partial charge on any atom is 0.128 e. The summed E-state index contributed by atoms with van der Waals surface area (Å²) in [6, 6.07) is 18.1. The molecule has 0 unspecified atom stereocenters. The van der Waals surface area contributed by atoms with Crippen LogP contribution in [-0.2, 0) is 0 Å². The maximum absolute atomic E-state index is 10.2. The Morgan fingerprint density at radius 2 is 1.42 bits per heavy atom. The van der Waals surface area contributed by atoms with Gasteiger partial charge in [0.05, 0.1) is 24.2 Å². The number of nitrogens with zero attached hydrogens (tertiary/aromatic N) is 2.